The Kier molecular flexibility index (Phi) is 7.23. The van der Waals surface area contributed by atoms with E-state index < -0.39 is 11.8 Å². The van der Waals surface area contributed by atoms with Crippen LogP contribution in [0, 0.1) is 0 Å². The van der Waals surface area contributed by atoms with Gasteiger partial charge < -0.3 is 20.1 Å². The van der Waals surface area contributed by atoms with E-state index in [0.29, 0.717) is 11.4 Å². The van der Waals surface area contributed by atoms with Crippen molar-refractivity contribution in [1.82, 2.24) is 5.32 Å². The first-order chi connectivity index (χ1) is 12.8. The lowest BCUT2D eigenvalue weighted by Gasteiger charge is -2.11. The predicted octanol–water partition coefficient (Wildman–Crippen LogP) is 3.52. The van der Waals surface area contributed by atoms with Crippen LogP contribution >= 0.6 is 0 Å². The van der Waals surface area contributed by atoms with Crippen molar-refractivity contribution in [3.63, 3.8) is 0 Å². The standard InChI is InChI=1S/C21H26N2O4/c1-14(2)26-18-9-5-16(6-10-18)13-22-20(24)21(25)23-17-7-11-19(12-8-17)27-15(3)4/h5-12,14-15H,13H2,1-4H3,(H,22,24)(H,23,25). The molecule has 0 fully saturated rings. The Balaban J connectivity index is 1.82. The van der Waals surface area contributed by atoms with E-state index in [1.807, 2.05) is 52.0 Å². The van der Waals surface area contributed by atoms with E-state index in [0.717, 1.165) is 11.3 Å². The van der Waals surface area contributed by atoms with Gasteiger partial charge in [0.2, 0.25) is 0 Å². The Bertz CT molecular complexity index is 753. The highest BCUT2D eigenvalue weighted by molar-refractivity contribution is 6.39. The van der Waals surface area contributed by atoms with Gasteiger partial charge in [0.1, 0.15) is 11.5 Å². The van der Waals surface area contributed by atoms with E-state index in [-0.39, 0.29) is 18.8 Å². The molecule has 6 heteroatoms. The molecule has 0 spiro atoms. The summed E-state index contributed by atoms with van der Waals surface area (Å²) in [5.41, 5.74) is 1.41. The fraction of sp³-hybridized carbons (Fsp3) is 0.333. The molecule has 0 heterocycles. The smallest absolute Gasteiger partial charge is 0.313 e. The van der Waals surface area contributed by atoms with Gasteiger partial charge in [-0.05, 0) is 69.7 Å². The number of nitrogens with one attached hydrogen (secondary N) is 2. The molecule has 0 radical (unpaired) electrons. The van der Waals surface area contributed by atoms with Gasteiger partial charge in [-0.15, -0.1) is 0 Å². The second-order valence-electron chi connectivity index (χ2n) is 6.64. The van der Waals surface area contributed by atoms with Crippen LogP contribution in [0.3, 0.4) is 0 Å². The summed E-state index contributed by atoms with van der Waals surface area (Å²) in [6.07, 6.45) is 0.174. The van der Waals surface area contributed by atoms with Crippen LogP contribution in [0.15, 0.2) is 48.5 Å². The Morgan fingerprint density at radius 1 is 0.778 bits per heavy atom. The molecule has 0 saturated carbocycles. The molecule has 2 rings (SSSR count). The largest absolute Gasteiger partial charge is 0.491 e. The first-order valence-electron chi connectivity index (χ1n) is 8.95. The van der Waals surface area contributed by atoms with Crippen molar-refractivity contribution >= 4 is 17.5 Å². The van der Waals surface area contributed by atoms with Crippen LogP contribution in [0.25, 0.3) is 0 Å². The van der Waals surface area contributed by atoms with Gasteiger partial charge in [-0.25, -0.2) is 0 Å². The third-order valence-corrected chi connectivity index (χ3v) is 3.44. The number of amides is 2. The highest BCUT2D eigenvalue weighted by Crippen LogP contribution is 2.17. The van der Waals surface area contributed by atoms with E-state index in [9.17, 15) is 9.59 Å². The van der Waals surface area contributed by atoms with Crippen molar-refractivity contribution < 1.29 is 19.1 Å². The monoisotopic (exact) mass is 370 g/mol. The van der Waals surface area contributed by atoms with Gasteiger partial charge in [-0.2, -0.15) is 0 Å². The SMILES string of the molecule is CC(C)Oc1ccc(CNC(=O)C(=O)Nc2ccc(OC(C)C)cc2)cc1. The van der Waals surface area contributed by atoms with E-state index in [1.165, 1.54) is 0 Å². The van der Waals surface area contributed by atoms with Gasteiger partial charge in [0.15, 0.2) is 0 Å². The summed E-state index contributed by atoms with van der Waals surface area (Å²) in [5.74, 6) is 0.0624. The maximum absolute atomic E-state index is 12.0. The predicted molar refractivity (Wildman–Crippen MR) is 105 cm³/mol. The quantitative estimate of drug-likeness (QED) is 0.731. The Morgan fingerprint density at radius 2 is 1.26 bits per heavy atom. The third kappa shape index (κ3) is 7.01. The van der Waals surface area contributed by atoms with Crippen LogP contribution in [-0.4, -0.2) is 24.0 Å². The fourth-order valence-electron chi connectivity index (χ4n) is 2.30. The first-order valence-corrected chi connectivity index (χ1v) is 8.95. The molecule has 2 N–H and O–H groups in total. The van der Waals surface area contributed by atoms with Gasteiger partial charge in [-0.1, -0.05) is 12.1 Å². The molecule has 0 aliphatic carbocycles. The van der Waals surface area contributed by atoms with Crippen LogP contribution in [0.5, 0.6) is 11.5 Å². The van der Waals surface area contributed by atoms with Gasteiger partial charge in [0, 0.05) is 12.2 Å². The summed E-state index contributed by atoms with van der Waals surface area (Å²) in [5, 5.41) is 5.16. The van der Waals surface area contributed by atoms with Crippen molar-refractivity contribution in [1.29, 1.82) is 0 Å². The summed E-state index contributed by atoms with van der Waals surface area (Å²) in [6.45, 7) is 8.04. The van der Waals surface area contributed by atoms with Gasteiger partial charge >= 0.3 is 11.8 Å². The zero-order chi connectivity index (χ0) is 19.8. The van der Waals surface area contributed by atoms with Crippen LogP contribution in [0.2, 0.25) is 0 Å². The van der Waals surface area contributed by atoms with E-state index in [4.69, 9.17) is 9.47 Å². The molecular weight excluding hydrogens is 344 g/mol. The highest BCUT2D eigenvalue weighted by atomic mass is 16.5. The summed E-state index contributed by atoms with van der Waals surface area (Å²) in [7, 11) is 0. The van der Waals surface area contributed by atoms with Crippen LogP contribution in [0.4, 0.5) is 5.69 Å². The van der Waals surface area contributed by atoms with E-state index in [1.54, 1.807) is 24.3 Å². The van der Waals surface area contributed by atoms with Crippen LogP contribution < -0.4 is 20.1 Å². The number of carbonyl (C=O) groups is 2. The molecule has 0 saturated heterocycles. The Hall–Kier alpha value is -3.02. The first kappa shape index (κ1) is 20.3. The number of hydrogen-bond acceptors (Lipinski definition) is 4. The van der Waals surface area contributed by atoms with Crippen molar-refractivity contribution in [2.24, 2.45) is 0 Å². The molecule has 0 atom stereocenters. The van der Waals surface area contributed by atoms with Gasteiger partial charge in [0.05, 0.1) is 12.2 Å². The zero-order valence-corrected chi connectivity index (χ0v) is 16.1. The lowest BCUT2D eigenvalue weighted by Crippen LogP contribution is -2.34. The van der Waals surface area contributed by atoms with Crippen LogP contribution in [-0.2, 0) is 16.1 Å². The second kappa shape index (κ2) is 9.62. The van der Waals surface area contributed by atoms with Crippen molar-refractivity contribution in [3.05, 3.63) is 54.1 Å². The summed E-state index contributed by atoms with van der Waals surface area (Å²) in [4.78, 5) is 24.0. The average molecular weight is 370 g/mol. The average Bonchev–Trinajstić information content (AvgIpc) is 2.61. The minimum Gasteiger partial charge on any atom is -0.491 e. The molecule has 2 aromatic carbocycles. The highest BCUT2D eigenvalue weighted by Gasteiger charge is 2.13. The molecule has 6 nitrogen and oxygen atoms in total. The number of carbonyl (C=O) groups excluding carboxylic acids is 2. The second-order valence-corrected chi connectivity index (χ2v) is 6.64. The van der Waals surface area contributed by atoms with Crippen LogP contribution in [0.1, 0.15) is 33.3 Å². The summed E-state index contributed by atoms with van der Waals surface area (Å²) in [6, 6.07) is 14.2. The molecule has 0 bridgehead atoms. The minimum atomic E-state index is -0.715. The van der Waals surface area contributed by atoms with Crippen molar-refractivity contribution in [3.8, 4) is 11.5 Å². The maximum atomic E-state index is 12.0. The molecule has 2 amide bonds. The Labute approximate surface area is 159 Å². The maximum Gasteiger partial charge on any atom is 0.313 e. The topological polar surface area (TPSA) is 76.7 Å². The summed E-state index contributed by atoms with van der Waals surface area (Å²) >= 11 is 0. The molecule has 0 unspecified atom stereocenters. The minimum absolute atomic E-state index is 0.0715. The molecule has 144 valence electrons. The number of hydrogen-bond donors (Lipinski definition) is 2. The fourth-order valence-corrected chi connectivity index (χ4v) is 2.30. The van der Waals surface area contributed by atoms with Crippen molar-refractivity contribution in [2.75, 3.05) is 5.32 Å². The zero-order valence-electron chi connectivity index (χ0n) is 16.1. The molecule has 27 heavy (non-hydrogen) atoms. The molecule has 2 aromatic rings. The number of rotatable bonds is 7. The lowest BCUT2D eigenvalue weighted by atomic mass is 10.2. The normalized spacial score (nSPS) is 10.6. The third-order valence-electron chi connectivity index (χ3n) is 3.44. The van der Waals surface area contributed by atoms with Crippen molar-refractivity contribution in [2.45, 2.75) is 46.4 Å². The number of benzene rings is 2. The number of anilines is 1. The molecule has 0 aromatic heterocycles. The lowest BCUT2D eigenvalue weighted by molar-refractivity contribution is -0.136. The molecular formula is C21H26N2O4. The molecule has 0 aliphatic rings. The van der Waals surface area contributed by atoms with E-state index >= 15 is 0 Å². The summed E-state index contributed by atoms with van der Waals surface area (Å²) < 4.78 is 11.1. The van der Waals surface area contributed by atoms with Gasteiger partial charge in [0.25, 0.3) is 0 Å². The number of ether oxygens (including phenoxy) is 2. The Morgan fingerprint density at radius 3 is 1.74 bits per heavy atom. The van der Waals surface area contributed by atoms with Gasteiger partial charge in [-0.3, -0.25) is 9.59 Å². The molecule has 0 aliphatic heterocycles. The van der Waals surface area contributed by atoms with E-state index in [2.05, 4.69) is 10.6 Å².